The first-order valence-electron chi connectivity index (χ1n) is 3.77. The van der Waals surface area contributed by atoms with Crippen molar-refractivity contribution in [2.45, 2.75) is 28.3 Å². The third-order valence-corrected chi connectivity index (χ3v) is 5.15. The smallest absolute Gasteiger partial charge is 0.0870 e. The first kappa shape index (κ1) is 8.48. The molecular formula is C7H10Br2O2. The Bertz CT molecular complexity index is 165. The molecule has 0 saturated heterocycles. The van der Waals surface area contributed by atoms with Crippen LogP contribution < -0.4 is 0 Å². The first-order chi connectivity index (χ1) is 5.03. The molecule has 2 aliphatic rings. The molecule has 2 rings (SSSR count). The average Bonchev–Trinajstić information content (AvgIpc) is 2.39. The van der Waals surface area contributed by atoms with Crippen LogP contribution in [-0.2, 0) is 0 Å². The number of fused-ring (bicyclic) bond motifs is 1. The van der Waals surface area contributed by atoms with Crippen molar-refractivity contribution >= 4 is 31.9 Å². The molecule has 0 aromatic carbocycles. The van der Waals surface area contributed by atoms with Crippen molar-refractivity contribution in [1.82, 2.24) is 0 Å². The highest BCUT2D eigenvalue weighted by atomic mass is 79.9. The summed E-state index contributed by atoms with van der Waals surface area (Å²) in [6.07, 6.45) is 0.381. The van der Waals surface area contributed by atoms with E-state index in [1.807, 2.05) is 0 Å². The van der Waals surface area contributed by atoms with Gasteiger partial charge >= 0.3 is 0 Å². The molecule has 0 spiro atoms. The van der Waals surface area contributed by atoms with Crippen molar-refractivity contribution in [3.05, 3.63) is 0 Å². The van der Waals surface area contributed by atoms with Crippen LogP contribution in [0.3, 0.4) is 0 Å². The normalized spacial score (nSPS) is 53.5. The third-order valence-electron chi connectivity index (χ3n) is 2.80. The van der Waals surface area contributed by atoms with E-state index in [1.165, 1.54) is 0 Å². The van der Waals surface area contributed by atoms with E-state index in [2.05, 4.69) is 31.9 Å². The summed E-state index contributed by atoms with van der Waals surface area (Å²) in [6.45, 7) is 0. The van der Waals surface area contributed by atoms with E-state index >= 15 is 0 Å². The van der Waals surface area contributed by atoms with Crippen molar-refractivity contribution in [2.75, 3.05) is 0 Å². The Balaban J connectivity index is 2.07. The Morgan fingerprint density at radius 2 is 1.36 bits per heavy atom. The second-order valence-electron chi connectivity index (χ2n) is 3.49. The van der Waals surface area contributed by atoms with Crippen LogP contribution in [-0.4, -0.2) is 25.7 Å². The molecule has 11 heavy (non-hydrogen) atoms. The number of hydrogen-bond donors (Lipinski definition) is 2. The topological polar surface area (TPSA) is 40.5 Å². The second-order valence-corrected chi connectivity index (χ2v) is 7.18. The number of aliphatic hydroxyl groups excluding tert-OH is 2. The maximum absolute atomic E-state index is 9.32. The molecule has 0 aliphatic heterocycles. The lowest BCUT2D eigenvalue weighted by atomic mass is 9.95. The van der Waals surface area contributed by atoms with E-state index in [0.29, 0.717) is 24.7 Å². The Hall–Kier alpha value is 0.880. The molecule has 0 radical (unpaired) electrons. The van der Waals surface area contributed by atoms with E-state index in [0.717, 1.165) is 0 Å². The van der Waals surface area contributed by atoms with Gasteiger partial charge in [0.15, 0.2) is 0 Å². The van der Waals surface area contributed by atoms with E-state index < -0.39 is 12.2 Å². The largest absolute Gasteiger partial charge is 0.390 e. The molecule has 0 bridgehead atoms. The van der Waals surface area contributed by atoms with Gasteiger partial charge in [0.25, 0.3) is 0 Å². The number of rotatable bonds is 0. The lowest BCUT2D eigenvalue weighted by molar-refractivity contribution is -0.0119. The molecule has 64 valence electrons. The molecule has 0 aromatic heterocycles. The third kappa shape index (κ3) is 1.19. The summed E-state index contributed by atoms with van der Waals surface area (Å²) < 4.78 is 0.0124. The van der Waals surface area contributed by atoms with Gasteiger partial charge in [-0.2, -0.15) is 0 Å². The molecule has 4 heteroatoms. The maximum atomic E-state index is 9.32. The lowest BCUT2D eigenvalue weighted by Gasteiger charge is -2.21. The molecule has 2 nitrogen and oxygen atoms in total. The van der Waals surface area contributed by atoms with Gasteiger partial charge in [0.2, 0.25) is 0 Å². The zero-order valence-corrected chi connectivity index (χ0v) is 9.05. The van der Waals surface area contributed by atoms with Gasteiger partial charge in [0, 0.05) is 0 Å². The summed E-state index contributed by atoms with van der Waals surface area (Å²) in [6, 6.07) is 0. The summed E-state index contributed by atoms with van der Waals surface area (Å²) in [5.74, 6) is 1.00. The summed E-state index contributed by atoms with van der Waals surface area (Å²) in [5, 5.41) is 18.6. The molecule has 2 aliphatic carbocycles. The van der Waals surface area contributed by atoms with Crippen LogP contribution >= 0.6 is 31.9 Å². The van der Waals surface area contributed by atoms with Crippen LogP contribution in [0.15, 0.2) is 0 Å². The van der Waals surface area contributed by atoms with Gasteiger partial charge < -0.3 is 10.2 Å². The monoisotopic (exact) mass is 284 g/mol. The number of aliphatic hydroxyl groups is 2. The van der Waals surface area contributed by atoms with Crippen LogP contribution in [0.25, 0.3) is 0 Å². The van der Waals surface area contributed by atoms with Gasteiger partial charge in [0.1, 0.15) is 0 Å². The molecule has 0 amide bonds. The zero-order chi connectivity index (χ0) is 8.22. The number of halogens is 2. The van der Waals surface area contributed by atoms with E-state index in [-0.39, 0.29) is 3.23 Å². The minimum atomic E-state index is -0.520. The SMILES string of the molecule is O[C@@H]1C[C@@H]2[C@H](C[C@@H]1O)C2(Br)Br. The maximum Gasteiger partial charge on any atom is 0.0870 e. The van der Waals surface area contributed by atoms with Crippen molar-refractivity contribution in [1.29, 1.82) is 0 Å². The zero-order valence-electron chi connectivity index (χ0n) is 5.87. The number of hydrogen-bond acceptors (Lipinski definition) is 2. The van der Waals surface area contributed by atoms with Gasteiger partial charge in [-0.3, -0.25) is 0 Å². The van der Waals surface area contributed by atoms with Gasteiger partial charge in [-0.25, -0.2) is 0 Å². The molecular weight excluding hydrogens is 276 g/mol. The fourth-order valence-corrected chi connectivity index (χ4v) is 3.70. The molecule has 0 unspecified atom stereocenters. The van der Waals surface area contributed by atoms with Crippen molar-refractivity contribution in [2.24, 2.45) is 11.8 Å². The summed E-state index contributed by atoms with van der Waals surface area (Å²) in [5.41, 5.74) is 0. The first-order valence-corrected chi connectivity index (χ1v) is 5.36. The fraction of sp³-hybridized carbons (Fsp3) is 1.00. The highest BCUT2D eigenvalue weighted by molar-refractivity contribution is 9.25. The lowest BCUT2D eigenvalue weighted by Crippen LogP contribution is -2.30. The van der Waals surface area contributed by atoms with Crippen LogP contribution in [0.5, 0.6) is 0 Å². The van der Waals surface area contributed by atoms with Gasteiger partial charge in [-0.15, -0.1) is 0 Å². The van der Waals surface area contributed by atoms with Crippen molar-refractivity contribution in [3.63, 3.8) is 0 Å². The van der Waals surface area contributed by atoms with Gasteiger partial charge in [0.05, 0.1) is 15.4 Å². The molecule has 4 atom stereocenters. The Morgan fingerprint density at radius 3 is 1.73 bits per heavy atom. The second kappa shape index (κ2) is 2.44. The van der Waals surface area contributed by atoms with Crippen LogP contribution in [0.4, 0.5) is 0 Å². The molecule has 0 heterocycles. The minimum absolute atomic E-state index is 0.0124. The van der Waals surface area contributed by atoms with E-state index in [1.54, 1.807) is 0 Å². The molecule has 2 fully saturated rings. The van der Waals surface area contributed by atoms with Crippen LogP contribution in [0, 0.1) is 11.8 Å². The van der Waals surface area contributed by atoms with Crippen LogP contribution in [0.1, 0.15) is 12.8 Å². The molecule has 2 N–H and O–H groups in total. The van der Waals surface area contributed by atoms with Crippen molar-refractivity contribution in [3.8, 4) is 0 Å². The average molecular weight is 286 g/mol. The van der Waals surface area contributed by atoms with E-state index in [4.69, 9.17) is 0 Å². The summed E-state index contributed by atoms with van der Waals surface area (Å²) in [4.78, 5) is 0. The Labute approximate surface area is 82.2 Å². The fourth-order valence-electron chi connectivity index (χ4n) is 1.94. The predicted molar refractivity (Wildman–Crippen MR) is 48.8 cm³/mol. The van der Waals surface area contributed by atoms with Gasteiger partial charge in [-0.05, 0) is 24.7 Å². The highest BCUT2D eigenvalue weighted by Crippen LogP contribution is 2.67. The standard InChI is InChI=1S/C7H10Br2O2/c8-7(9)3-1-5(10)6(11)2-4(3)7/h3-6,10-11H,1-2H2/t3-,4+,5-,6+. The highest BCUT2D eigenvalue weighted by Gasteiger charge is 2.64. The number of alkyl halides is 2. The van der Waals surface area contributed by atoms with Crippen molar-refractivity contribution < 1.29 is 10.2 Å². The quantitative estimate of drug-likeness (QED) is 0.658. The van der Waals surface area contributed by atoms with E-state index in [9.17, 15) is 10.2 Å². The minimum Gasteiger partial charge on any atom is -0.390 e. The Kier molecular flexibility index (Phi) is 1.88. The van der Waals surface area contributed by atoms with Crippen LogP contribution in [0.2, 0.25) is 0 Å². The Morgan fingerprint density at radius 1 is 1.00 bits per heavy atom. The predicted octanol–water partition coefficient (Wildman–Crippen LogP) is 1.23. The molecule has 0 aromatic rings. The van der Waals surface area contributed by atoms with Gasteiger partial charge in [-0.1, -0.05) is 31.9 Å². The molecule has 2 saturated carbocycles. The summed E-state index contributed by atoms with van der Waals surface area (Å²) >= 11 is 7.06. The summed E-state index contributed by atoms with van der Waals surface area (Å²) in [7, 11) is 0.